The molecule has 0 radical (unpaired) electrons. The quantitative estimate of drug-likeness (QED) is 0.643. The molecule has 0 aromatic carbocycles. The van der Waals surface area contributed by atoms with E-state index in [2.05, 4.69) is 5.32 Å². The Morgan fingerprint density at radius 3 is 3.00 bits per heavy atom. The first-order valence-electron chi connectivity index (χ1n) is 6.31. The zero-order chi connectivity index (χ0) is 14.1. The molecule has 2 unspecified atom stereocenters. The number of aliphatic hydroxyl groups is 1. The van der Waals surface area contributed by atoms with Crippen molar-refractivity contribution in [3.8, 4) is 0 Å². The van der Waals surface area contributed by atoms with E-state index in [0.717, 1.165) is 0 Å². The molecule has 1 heterocycles. The minimum atomic E-state index is -0.688. The summed E-state index contributed by atoms with van der Waals surface area (Å²) in [7, 11) is 0. The van der Waals surface area contributed by atoms with Crippen LogP contribution in [0, 0.1) is 0 Å². The van der Waals surface area contributed by atoms with Gasteiger partial charge >= 0.3 is 5.97 Å². The van der Waals surface area contributed by atoms with Gasteiger partial charge in [-0.25, -0.2) is 0 Å². The summed E-state index contributed by atoms with van der Waals surface area (Å²) < 4.78 is 15.2. The topological polar surface area (TPSA) is 80.9 Å². The monoisotopic (exact) mass is 271 g/mol. The first kappa shape index (κ1) is 15.7. The summed E-state index contributed by atoms with van der Waals surface area (Å²) in [6, 6.07) is 3.13. The maximum absolute atomic E-state index is 11.3. The Bertz CT molecular complexity index is 352. The molecule has 1 aromatic heterocycles. The lowest BCUT2D eigenvalue weighted by Crippen LogP contribution is -2.41. The van der Waals surface area contributed by atoms with Crippen LogP contribution in [0.5, 0.6) is 0 Å². The maximum Gasteiger partial charge on any atom is 0.322 e. The smallest absolute Gasteiger partial charge is 0.322 e. The first-order chi connectivity index (χ1) is 9.13. The molecule has 108 valence electrons. The van der Waals surface area contributed by atoms with Crippen LogP contribution in [0.25, 0.3) is 0 Å². The molecular weight excluding hydrogens is 250 g/mol. The molecular formula is C13H21NO5. The number of rotatable bonds is 9. The number of ether oxygens (including phenoxy) is 2. The van der Waals surface area contributed by atoms with Crippen molar-refractivity contribution < 1.29 is 23.8 Å². The molecule has 0 bridgehead atoms. The molecule has 1 aromatic rings. The molecule has 0 aliphatic heterocycles. The van der Waals surface area contributed by atoms with Crippen LogP contribution in [0.1, 0.15) is 19.6 Å². The molecule has 2 N–H and O–H groups in total. The van der Waals surface area contributed by atoms with Crippen molar-refractivity contribution >= 4 is 5.97 Å². The highest BCUT2D eigenvalue weighted by atomic mass is 16.5. The second-order valence-corrected chi connectivity index (χ2v) is 4.13. The summed E-state index contributed by atoms with van der Waals surface area (Å²) in [6.45, 7) is 4.54. The van der Waals surface area contributed by atoms with Gasteiger partial charge in [0.25, 0.3) is 0 Å². The van der Waals surface area contributed by atoms with Crippen molar-refractivity contribution in [2.75, 3.05) is 19.8 Å². The Balaban J connectivity index is 2.10. The van der Waals surface area contributed by atoms with Crippen LogP contribution >= 0.6 is 0 Å². The number of hydrogen-bond donors (Lipinski definition) is 2. The van der Waals surface area contributed by atoms with Gasteiger partial charge in [-0.1, -0.05) is 0 Å². The second-order valence-electron chi connectivity index (χ2n) is 4.13. The van der Waals surface area contributed by atoms with Crippen molar-refractivity contribution in [1.82, 2.24) is 5.32 Å². The van der Waals surface area contributed by atoms with E-state index in [1.54, 1.807) is 32.2 Å². The normalized spacial score (nSPS) is 14.1. The highest BCUT2D eigenvalue weighted by Crippen LogP contribution is 2.02. The number of carbonyl (C=O) groups excluding carboxylic acids is 1. The van der Waals surface area contributed by atoms with Gasteiger partial charge in [0.2, 0.25) is 0 Å². The average Bonchev–Trinajstić information content (AvgIpc) is 2.89. The predicted molar refractivity (Wildman–Crippen MR) is 68.5 cm³/mol. The first-order valence-corrected chi connectivity index (χ1v) is 6.31. The third-order valence-corrected chi connectivity index (χ3v) is 2.43. The molecule has 1 rings (SSSR count). The number of esters is 1. The van der Waals surface area contributed by atoms with Crippen LogP contribution in [0.15, 0.2) is 22.8 Å². The van der Waals surface area contributed by atoms with E-state index in [1.165, 1.54) is 0 Å². The van der Waals surface area contributed by atoms with E-state index in [9.17, 15) is 9.90 Å². The van der Waals surface area contributed by atoms with Gasteiger partial charge in [0, 0.05) is 6.54 Å². The van der Waals surface area contributed by atoms with Gasteiger partial charge in [0.15, 0.2) is 0 Å². The largest absolute Gasteiger partial charge is 0.467 e. The van der Waals surface area contributed by atoms with Crippen LogP contribution in [-0.2, 0) is 20.9 Å². The fourth-order valence-electron chi connectivity index (χ4n) is 1.41. The number of nitrogens with one attached hydrogen (secondary N) is 1. The van der Waals surface area contributed by atoms with Crippen molar-refractivity contribution in [1.29, 1.82) is 0 Å². The van der Waals surface area contributed by atoms with Crippen molar-refractivity contribution in [3.05, 3.63) is 24.2 Å². The third kappa shape index (κ3) is 6.37. The molecule has 0 aliphatic rings. The number of aliphatic hydroxyl groups excluding tert-OH is 1. The van der Waals surface area contributed by atoms with E-state index >= 15 is 0 Å². The van der Waals surface area contributed by atoms with E-state index in [4.69, 9.17) is 13.9 Å². The zero-order valence-electron chi connectivity index (χ0n) is 11.3. The standard InChI is InChI=1S/C13H21NO5/c1-3-18-13(16)10(2)14-7-11(15)8-17-9-12-5-4-6-19-12/h4-6,10-11,14-15H,3,7-9H2,1-2H3. The minimum Gasteiger partial charge on any atom is -0.467 e. The van der Waals surface area contributed by atoms with Crippen LogP contribution in [0.2, 0.25) is 0 Å². The zero-order valence-corrected chi connectivity index (χ0v) is 11.3. The molecule has 0 saturated carbocycles. The summed E-state index contributed by atoms with van der Waals surface area (Å²) in [4.78, 5) is 11.3. The van der Waals surface area contributed by atoms with Gasteiger partial charge in [0.1, 0.15) is 18.4 Å². The van der Waals surface area contributed by atoms with Crippen molar-refractivity contribution in [3.63, 3.8) is 0 Å². The number of furan rings is 1. The predicted octanol–water partition coefficient (Wildman–Crippen LogP) is 0.698. The summed E-state index contributed by atoms with van der Waals surface area (Å²) >= 11 is 0. The van der Waals surface area contributed by atoms with Gasteiger partial charge in [0.05, 0.1) is 25.6 Å². The minimum absolute atomic E-state index is 0.170. The van der Waals surface area contributed by atoms with Crippen LogP contribution in [0.3, 0.4) is 0 Å². The fourth-order valence-corrected chi connectivity index (χ4v) is 1.41. The molecule has 0 spiro atoms. The van der Waals surface area contributed by atoms with Crippen molar-refractivity contribution in [2.45, 2.75) is 32.6 Å². The summed E-state index contributed by atoms with van der Waals surface area (Å²) in [5.74, 6) is 0.381. The Hall–Kier alpha value is -1.37. The molecule has 2 atom stereocenters. The molecule has 6 nitrogen and oxygen atoms in total. The lowest BCUT2D eigenvalue weighted by atomic mass is 10.3. The highest BCUT2D eigenvalue weighted by Gasteiger charge is 2.14. The molecule has 19 heavy (non-hydrogen) atoms. The lowest BCUT2D eigenvalue weighted by Gasteiger charge is -2.16. The maximum atomic E-state index is 11.3. The molecule has 0 saturated heterocycles. The third-order valence-electron chi connectivity index (χ3n) is 2.43. The average molecular weight is 271 g/mol. The summed E-state index contributed by atoms with van der Waals surface area (Å²) in [6.07, 6.45) is 0.879. The Labute approximate surface area is 112 Å². The van der Waals surface area contributed by atoms with Crippen LogP contribution in [0.4, 0.5) is 0 Å². The lowest BCUT2D eigenvalue weighted by molar-refractivity contribution is -0.145. The second kappa shape index (κ2) is 8.68. The fraction of sp³-hybridized carbons (Fsp3) is 0.615. The van der Waals surface area contributed by atoms with Gasteiger partial charge < -0.3 is 24.3 Å². The summed E-state index contributed by atoms with van der Waals surface area (Å²) in [5.41, 5.74) is 0. The van der Waals surface area contributed by atoms with Crippen LogP contribution < -0.4 is 5.32 Å². The van der Waals surface area contributed by atoms with Gasteiger partial charge in [-0.15, -0.1) is 0 Å². The Kier molecular flexibility index (Phi) is 7.17. The summed E-state index contributed by atoms with van der Waals surface area (Å²) in [5, 5.41) is 12.6. The van der Waals surface area contributed by atoms with E-state index in [0.29, 0.717) is 19.0 Å². The van der Waals surface area contributed by atoms with Gasteiger partial charge in [-0.05, 0) is 26.0 Å². The highest BCUT2D eigenvalue weighted by molar-refractivity contribution is 5.75. The SMILES string of the molecule is CCOC(=O)C(C)NCC(O)COCc1ccco1. The molecule has 0 amide bonds. The van der Waals surface area contributed by atoms with E-state index in [-0.39, 0.29) is 19.1 Å². The van der Waals surface area contributed by atoms with Gasteiger partial charge in [-0.3, -0.25) is 4.79 Å². The van der Waals surface area contributed by atoms with E-state index in [1.807, 2.05) is 0 Å². The van der Waals surface area contributed by atoms with Crippen molar-refractivity contribution in [2.24, 2.45) is 0 Å². The van der Waals surface area contributed by atoms with E-state index < -0.39 is 12.1 Å². The molecule has 0 aliphatic carbocycles. The molecule has 6 heteroatoms. The Morgan fingerprint density at radius 1 is 1.58 bits per heavy atom. The number of hydrogen-bond acceptors (Lipinski definition) is 6. The number of carbonyl (C=O) groups is 1. The van der Waals surface area contributed by atoms with Gasteiger partial charge in [-0.2, -0.15) is 0 Å². The molecule has 0 fully saturated rings. The van der Waals surface area contributed by atoms with Crippen LogP contribution in [-0.4, -0.2) is 43.0 Å². The Morgan fingerprint density at radius 2 is 2.37 bits per heavy atom.